The van der Waals surface area contributed by atoms with Gasteiger partial charge < -0.3 is 16.4 Å². The molecule has 2 rings (SSSR count). The highest BCUT2D eigenvalue weighted by molar-refractivity contribution is 5.79. The van der Waals surface area contributed by atoms with Gasteiger partial charge in [-0.3, -0.25) is 14.7 Å². The molecule has 1 unspecified atom stereocenters. The number of carbonyl (C=O) groups excluding carboxylic acids is 1. The van der Waals surface area contributed by atoms with Crippen molar-refractivity contribution >= 4 is 11.9 Å². The minimum atomic E-state index is -0.173. The Morgan fingerprint density at radius 3 is 2.88 bits per heavy atom. The number of amides is 1. The average molecular weight is 345 g/mol. The first kappa shape index (κ1) is 19.2. The fourth-order valence-electron chi connectivity index (χ4n) is 3.18. The normalized spacial score (nSPS) is 18.8. The van der Waals surface area contributed by atoms with Gasteiger partial charge in [0.1, 0.15) is 0 Å². The number of primary amides is 1. The first-order chi connectivity index (χ1) is 12.1. The summed E-state index contributed by atoms with van der Waals surface area (Å²) in [5, 5.41) is 6.61. The molecule has 1 amide bonds. The number of carbonyl (C=O) groups is 1. The maximum atomic E-state index is 11.4. The molecular formula is C19H31N5O. The summed E-state index contributed by atoms with van der Waals surface area (Å²) in [5.74, 6) is 0.646. The molecule has 0 bridgehead atoms. The number of piperidine rings is 1. The predicted octanol–water partition coefficient (Wildman–Crippen LogP) is 1.46. The summed E-state index contributed by atoms with van der Waals surface area (Å²) in [6.45, 7) is 6.44. The van der Waals surface area contributed by atoms with Crippen LogP contribution >= 0.6 is 0 Å². The van der Waals surface area contributed by atoms with Gasteiger partial charge in [-0.25, -0.2) is 0 Å². The minimum Gasteiger partial charge on any atom is -0.369 e. The lowest BCUT2D eigenvalue weighted by atomic mass is 9.97. The molecule has 25 heavy (non-hydrogen) atoms. The fourth-order valence-corrected chi connectivity index (χ4v) is 3.18. The zero-order valence-electron chi connectivity index (χ0n) is 15.4. The summed E-state index contributed by atoms with van der Waals surface area (Å²) in [5.41, 5.74) is 7.96. The van der Waals surface area contributed by atoms with Crippen LogP contribution in [0.2, 0.25) is 0 Å². The van der Waals surface area contributed by atoms with Crippen LogP contribution in [0.25, 0.3) is 0 Å². The Morgan fingerprint density at radius 1 is 1.36 bits per heavy atom. The van der Waals surface area contributed by atoms with E-state index in [2.05, 4.69) is 51.7 Å². The SMILES string of the molecule is CCCNC(=NC)NCc1cccc(CN2CCCC(C(N)=O)C2)c1. The Kier molecular flexibility index (Phi) is 7.73. The van der Waals surface area contributed by atoms with E-state index in [0.717, 1.165) is 57.9 Å². The van der Waals surface area contributed by atoms with E-state index in [1.165, 1.54) is 11.1 Å². The van der Waals surface area contributed by atoms with E-state index in [0.29, 0.717) is 0 Å². The molecule has 138 valence electrons. The van der Waals surface area contributed by atoms with Crippen LogP contribution < -0.4 is 16.4 Å². The van der Waals surface area contributed by atoms with Crippen molar-refractivity contribution in [1.29, 1.82) is 0 Å². The van der Waals surface area contributed by atoms with E-state index in [4.69, 9.17) is 5.73 Å². The van der Waals surface area contributed by atoms with E-state index >= 15 is 0 Å². The summed E-state index contributed by atoms with van der Waals surface area (Å²) in [4.78, 5) is 18.0. The number of hydrogen-bond acceptors (Lipinski definition) is 3. The molecule has 0 aromatic heterocycles. The quantitative estimate of drug-likeness (QED) is 0.516. The molecule has 1 aliphatic rings. The summed E-state index contributed by atoms with van der Waals surface area (Å²) < 4.78 is 0. The van der Waals surface area contributed by atoms with Crippen molar-refractivity contribution in [3.8, 4) is 0 Å². The number of nitrogens with one attached hydrogen (secondary N) is 2. The van der Waals surface area contributed by atoms with Gasteiger partial charge in [0.25, 0.3) is 0 Å². The second-order valence-electron chi connectivity index (χ2n) is 6.65. The Hall–Kier alpha value is -2.08. The number of nitrogens with zero attached hydrogens (tertiary/aromatic N) is 2. The van der Waals surface area contributed by atoms with Gasteiger partial charge in [0.2, 0.25) is 5.91 Å². The summed E-state index contributed by atoms with van der Waals surface area (Å²) >= 11 is 0. The van der Waals surface area contributed by atoms with Crippen molar-refractivity contribution in [2.45, 2.75) is 39.3 Å². The molecule has 4 N–H and O–H groups in total. The molecule has 1 atom stereocenters. The molecule has 1 heterocycles. The number of guanidine groups is 1. The Labute approximate surface area is 150 Å². The lowest BCUT2D eigenvalue weighted by molar-refractivity contribution is -0.123. The molecule has 1 aromatic carbocycles. The molecule has 0 spiro atoms. The Bertz CT molecular complexity index is 587. The predicted molar refractivity (Wildman–Crippen MR) is 102 cm³/mol. The highest BCUT2D eigenvalue weighted by Crippen LogP contribution is 2.18. The smallest absolute Gasteiger partial charge is 0.221 e. The van der Waals surface area contributed by atoms with Crippen LogP contribution in [0, 0.1) is 5.92 Å². The van der Waals surface area contributed by atoms with E-state index < -0.39 is 0 Å². The van der Waals surface area contributed by atoms with E-state index in [9.17, 15) is 4.79 Å². The number of aliphatic imine (C=N–C) groups is 1. The van der Waals surface area contributed by atoms with E-state index in [1.807, 2.05) is 0 Å². The van der Waals surface area contributed by atoms with Crippen molar-refractivity contribution in [1.82, 2.24) is 15.5 Å². The zero-order chi connectivity index (χ0) is 18.1. The molecule has 6 heteroatoms. The highest BCUT2D eigenvalue weighted by atomic mass is 16.1. The maximum Gasteiger partial charge on any atom is 0.221 e. The Morgan fingerprint density at radius 2 is 2.16 bits per heavy atom. The second-order valence-corrected chi connectivity index (χ2v) is 6.65. The van der Waals surface area contributed by atoms with Crippen LogP contribution in [-0.4, -0.2) is 43.4 Å². The lowest BCUT2D eigenvalue weighted by Crippen LogP contribution is -2.40. The topological polar surface area (TPSA) is 82.8 Å². The van der Waals surface area contributed by atoms with Crippen molar-refractivity contribution in [2.24, 2.45) is 16.6 Å². The third-order valence-electron chi connectivity index (χ3n) is 4.53. The molecule has 1 aliphatic heterocycles. The largest absolute Gasteiger partial charge is 0.369 e. The van der Waals surface area contributed by atoms with Crippen LogP contribution in [0.5, 0.6) is 0 Å². The standard InChI is InChI=1S/C19H31N5O/c1-3-9-22-19(21-2)23-12-15-6-4-7-16(11-15)13-24-10-5-8-17(14-24)18(20)25/h4,6-7,11,17H,3,5,8-10,12-14H2,1-2H3,(H2,20,25)(H2,21,22,23). The van der Waals surface area contributed by atoms with Crippen LogP contribution in [-0.2, 0) is 17.9 Å². The van der Waals surface area contributed by atoms with Crippen LogP contribution in [0.3, 0.4) is 0 Å². The molecule has 1 saturated heterocycles. The van der Waals surface area contributed by atoms with Gasteiger partial charge in [-0.2, -0.15) is 0 Å². The summed E-state index contributed by atoms with van der Waals surface area (Å²) in [6.07, 6.45) is 3.02. The average Bonchev–Trinajstić information content (AvgIpc) is 2.62. The number of likely N-dealkylation sites (tertiary alicyclic amines) is 1. The molecule has 0 saturated carbocycles. The summed E-state index contributed by atoms with van der Waals surface area (Å²) in [7, 11) is 1.78. The molecule has 0 aliphatic carbocycles. The third kappa shape index (κ3) is 6.38. The Balaban J connectivity index is 1.89. The number of hydrogen-bond donors (Lipinski definition) is 3. The van der Waals surface area contributed by atoms with E-state index in [1.54, 1.807) is 7.05 Å². The number of nitrogens with two attached hydrogens (primary N) is 1. The third-order valence-corrected chi connectivity index (χ3v) is 4.53. The first-order valence-electron chi connectivity index (χ1n) is 9.16. The van der Waals surface area contributed by atoms with Gasteiger partial charge in [0.15, 0.2) is 5.96 Å². The van der Waals surface area contributed by atoms with Crippen molar-refractivity contribution < 1.29 is 4.79 Å². The van der Waals surface area contributed by atoms with Crippen LogP contribution in [0.1, 0.15) is 37.3 Å². The monoisotopic (exact) mass is 345 g/mol. The van der Waals surface area contributed by atoms with Gasteiger partial charge in [-0.15, -0.1) is 0 Å². The maximum absolute atomic E-state index is 11.4. The summed E-state index contributed by atoms with van der Waals surface area (Å²) in [6, 6.07) is 8.56. The number of rotatable bonds is 7. The minimum absolute atomic E-state index is 0.00781. The molecular weight excluding hydrogens is 314 g/mol. The fraction of sp³-hybridized carbons (Fsp3) is 0.579. The lowest BCUT2D eigenvalue weighted by Gasteiger charge is -2.31. The van der Waals surface area contributed by atoms with Crippen molar-refractivity contribution in [3.05, 3.63) is 35.4 Å². The van der Waals surface area contributed by atoms with Crippen LogP contribution in [0.15, 0.2) is 29.3 Å². The molecule has 1 aromatic rings. The van der Waals surface area contributed by atoms with E-state index in [-0.39, 0.29) is 11.8 Å². The first-order valence-corrected chi connectivity index (χ1v) is 9.16. The van der Waals surface area contributed by atoms with Crippen molar-refractivity contribution in [3.63, 3.8) is 0 Å². The highest BCUT2D eigenvalue weighted by Gasteiger charge is 2.23. The number of benzene rings is 1. The zero-order valence-corrected chi connectivity index (χ0v) is 15.4. The molecule has 0 radical (unpaired) electrons. The van der Waals surface area contributed by atoms with Gasteiger partial charge >= 0.3 is 0 Å². The molecule has 6 nitrogen and oxygen atoms in total. The molecule has 1 fully saturated rings. The van der Waals surface area contributed by atoms with Gasteiger partial charge in [0, 0.05) is 33.2 Å². The second kappa shape index (κ2) is 10.0. The van der Waals surface area contributed by atoms with Crippen molar-refractivity contribution in [2.75, 3.05) is 26.7 Å². The van der Waals surface area contributed by atoms with Gasteiger partial charge in [-0.1, -0.05) is 31.2 Å². The van der Waals surface area contributed by atoms with Gasteiger partial charge in [-0.05, 0) is 36.9 Å². The van der Waals surface area contributed by atoms with Crippen LogP contribution in [0.4, 0.5) is 0 Å². The van der Waals surface area contributed by atoms with Gasteiger partial charge in [0.05, 0.1) is 5.92 Å².